The van der Waals surface area contributed by atoms with Crippen LogP contribution < -0.4 is 5.32 Å². The molecule has 23 heavy (non-hydrogen) atoms. The van der Waals surface area contributed by atoms with Gasteiger partial charge < -0.3 is 0 Å². The quantitative estimate of drug-likeness (QED) is 0.791. The molecule has 120 valence electrons. The maximum atomic E-state index is 12.6. The number of amides is 1. The molecule has 1 unspecified atom stereocenters. The van der Waals surface area contributed by atoms with Crippen molar-refractivity contribution in [1.29, 1.82) is 0 Å². The van der Waals surface area contributed by atoms with Crippen molar-refractivity contribution < 1.29 is 4.79 Å². The Balaban J connectivity index is 2.03. The number of carbonyl (C=O) groups excluding carboxylic acids is 1. The van der Waals surface area contributed by atoms with Crippen molar-refractivity contribution in [2.75, 3.05) is 5.32 Å². The predicted molar refractivity (Wildman–Crippen MR) is 92.1 cm³/mol. The van der Waals surface area contributed by atoms with Gasteiger partial charge in [-0.05, 0) is 33.3 Å². The minimum absolute atomic E-state index is 0.182. The van der Waals surface area contributed by atoms with Gasteiger partial charge in [0.1, 0.15) is 0 Å². The number of rotatable bonds is 4. The molecule has 3 aromatic rings. The molecule has 0 saturated heterocycles. The molecule has 0 aliphatic rings. The lowest BCUT2D eigenvalue weighted by molar-refractivity contribution is 0.102. The number of nitrogens with zero attached hydrogens (tertiary/aromatic N) is 4. The van der Waals surface area contributed by atoms with Gasteiger partial charge in [-0.15, -0.1) is 11.3 Å². The lowest BCUT2D eigenvalue weighted by Crippen LogP contribution is -2.13. The molecular formula is C16H19N5OS. The first kappa shape index (κ1) is 15.6. The standard InChI is InChI=1S/C16H19N5OS/c1-5-11(4)21-14-13(7-17-21)12(6-9(2)18-14)15(22)20-16-19-10(3)8-23-16/h6-8,11H,5H2,1-4H3,(H,19,20,22). The summed E-state index contributed by atoms with van der Waals surface area (Å²) >= 11 is 1.42. The number of thiazole rings is 1. The van der Waals surface area contributed by atoms with Crippen LogP contribution in [-0.2, 0) is 0 Å². The van der Waals surface area contributed by atoms with E-state index in [4.69, 9.17) is 0 Å². The van der Waals surface area contributed by atoms with Crippen LogP contribution in [0.25, 0.3) is 11.0 Å². The zero-order valence-electron chi connectivity index (χ0n) is 13.6. The maximum absolute atomic E-state index is 12.6. The van der Waals surface area contributed by atoms with E-state index in [9.17, 15) is 4.79 Å². The fourth-order valence-corrected chi connectivity index (χ4v) is 3.09. The maximum Gasteiger partial charge on any atom is 0.258 e. The zero-order chi connectivity index (χ0) is 16.6. The molecule has 0 spiro atoms. The third-order valence-corrected chi connectivity index (χ3v) is 4.66. The van der Waals surface area contributed by atoms with Gasteiger partial charge in [0.2, 0.25) is 0 Å². The second-order valence-corrected chi connectivity index (χ2v) is 6.50. The van der Waals surface area contributed by atoms with Gasteiger partial charge in [-0.2, -0.15) is 5.10 Å². The molecule has 0 bridgehead atoms. The molecule has 7 heteroatoms. The smallest absolute Gasteiger partial charge is 0.258 e. The molecule has 3 aromatic heterocycles. The minimum Gasteiger partial charge on any atom is -0.298 e. The highest BCUT2D eigenvalue weighted by Crippen LogP contribution is 2.24. The van der Waals surface area contributed by atoms with Crippen molar-refractivity contribution in [3.63, 3.8) is 0 Å². The summed E-state index contributed by atoms with van der Waals surface area (Å²) in [5.41, 5.74) is 3.02. The van der Waals surface area contributed by atoms with E-state index in [1.54, 1.807) is 12.3 Å². The molecule has 3 heterocycles. The van der Waals surface area contributed by atoms with Gasteiger partial charge in [0.15, 0.2) is 10.8 Å². The normalized spacial score (nSPS) is 12.5. The monoisotopic (exact) mass is 329 g/mol. The average molecular weight is 329 g/mol. The Hall–Kier alpha value is -2.28. The molecule has 1 N–H and O–H groups in total. The molecule has 0 aliphatic carbocycles. The number of aromatic nitrogens is 4. The van der Waals surface area contributed by atoms with E-state index < -0.39 is 0 Å². The number of carbonyl (C=O) groups is 1. The minimum atomic E-state index is -0.182. The van der Waals surface area contributed by atoms with Crippen molar-refractivity contribution >= 4 is 33.4 Å². The first-order valence-electron chi connectivity index (χ1n) is 7.58. The van der Waals surface area contributed by atoms with Crippen molar-refractivity contribution in [3.05, 3.63) is 34.6 Å². The average Bonchev–Trinajstić information content (AvgIpc) is 3.11. The van der Waals surface area contributed by atoms with Gasteiger partial charge >= 0.3 is 0 Å². The highest BCUT2D eigenvalue weighted by Gasteiger charge is 2.18. The van der Waals surface area contributed by atoms with Crippen LogP contribution in [0.15, 0.2) is 17.6 Å². The molecule has 0 aliphatic heterocycles. The van der Waals surface area contributed by atoms with Gasteiger partial charge in [0.25, 0.3) is 5.91 Å². The molecule has 0 saturated carbocycles. The van der Waals surface area contributed by atoms with E-state index in [0.29, 0.717) is 10.7 Å². The number of hydrogen-bond acceptors (Lipinski definition) is 5. The van der Waals surface area contributed by atoms with E-state index in [1.165, 1.54) is 11.3 Å². The third kappa shape index (κ3) is 2.96. The van der Waals surface area contributed by atoms with Crippen molar-refractivity contribution in [1.82, 2.24) is 19.7 Å². The van der Waals surface area contributed by atoms with Crippen LogP contribution in [0.5, 0.6) is 0 Å². The SMILES string of the molecule is CCC(C)n1ncc2c(C(=O)Nc3nc(C)cs3)cc(C)nc21. The molecule has 3 rings (SSSR count). The molecule has 1 atom stereocenters. The molecule has 0 radical (unpaired) electrons. The summed E-state index contributed by atoms with van der Waals surface area (Å²) in [5, 5.41) is 10.6. The summed E-state index contributed by atoms with van der Waals surface area (Å²) in [6, 6.07) is 2.03. The Morgan fingerprint density at radius 2 is 2.13 bits per heavy atom. The van der Waals surface area contributed by atoms with Crippen LogP contribution in [-0.4, -0.2) is 25.7 Å². The second-order valence-electron chi connectivity index (χ2n) is 5.64. The number of anilines is 1. The van der Waals surface area contributed by atoms with Crippen LogP contribution in [0, 0.1) is 13.8 Å². The Morgan fingerprint density at radius 3 is 2.78 bits per heavy atom. The molecular weight excluding hydrogens is 310 g/mol. The van der Waals surface area contributed by atoms with Crippen molar-refractivity contribution in [2.45, 2.75) is 40.2 Å². The van der Waals surface area contributed by atoms with Crippen LogP contribution in [0.4, 0.5) is 5.13 Å². The highest BCUT2D eigenvalue weighted by atomic mass is 32.1. The summed E-state index contributed by atoms with van der Waals surface area (Å²) in [6.45, 7) is 7.98. The summed E-state index contributed by atoms with van der Waals surface area (Å²) in [5.74, 6) is -0.182. The van der Waals surface area contributed by atoms with Gasteiger partial charge in [0.05, 0.1) is 28.9 Å². The lowest BCUT2D eigenvalue weighted by atomic mass is 10.1. The first-order chi connectivity index (χ1) is 11.0. The fraction of sp³-hybridized carbons (Fsp3) is 0.375. The summed E-state index contributed by atoms with van der Waals surface area (Å²) in [4.78, 5) is 21.5. The molecule has 1 amide bonds. The van der Waals surface area contributed by atoms with Crippen LogP contribution in [0.3, 0.4) is 0 Å². The van der Waals surface area contributed by atoms with E-state index in [1.807, 2.05) is 23.9 Å². The largest absolute Gasteiger partial charge is 0.298 e. The Morgan fingerprint density at radius 1 is 1.35 bits per heavy atom. The Bertz CT molecular complexity index is 867. The van der Waals surface area contributed by atoms with Crippen LogP contribution in [0.1, 0.15) is 48.1 Å². The Labute approximate surface area is 138 Å². The van der Waals surface area contributed by atoms with E-state index in [2.05, 4.69) is 34.2 Å². The van der Waals surface area contributed by atoms with Crippen molar-refractivity contribution in [3.8, 4) is 0 Å². The van der Waals surface area contributed by atoms with Gasteiger partial charge in [-0.25, -0.2) is 14.6 Å². The fourth-order valence-electron chi connectivity index (χ4n) is 2.40. The topological polar surface area (TPSA) is 72.7 Å². The number of fused-ring (bicyclic) bond motifs is 1. The molecule has 0 fully saturated rings. The van der Waals surface area contributed by atoms with E-state index in [-0.39, 0.29) is 11.9 Å². The lowest BCUT2D eigenvalue weighted by Gasteiger charge is -2.11. The first-order valence-corrected chi connectivity index (χ1v) is 8.46. The molecule has 0 aromatic carbocycles. The summed E-state index contributed by atoms with van der Waals surface area (Å²) in [6.07, 6.45) is 2.67. The van der Waals surface area contributed by atoms with E-state index in [0.717, 1.165) is 28.8 Å². The zero-order valence-corrected chi connectivity index (χ0v) is 14.4. The van der Waals surface area contributed by atoms with Gasteiger partial charge in [-0.1, -0.05) is 6.92 Å². The number of nitrogens with one attached hydrogen (secondary N) is 1. The van der Waals surface area contributed by atoms with E-state index >= 15 is 0 Å². The third-order valence-electron chi connectivity index (χ3n) is 3.79. The summed E-state index contributed by atoms with van der Waals surface area (Å²) < 4.78 is 1.88. The van der Waals surface area contributed by atoms with Crippen LogP contribution in [0.2, 0.25) is 0 Å². The van der Waals surface area contributed by atoms with Crippen LogP contribution >= 0.6 is 11.3 Å². The number of aryl methyl sites for hydroxylation is 2. The van der Waals surface area contributed by atoms with Gasteiger partial charge in [0, 0.05) is 11.1 Å². The summed E-state index contributed by atoms with van der Waals surface area (Å²) in [7, 11) is 0. The highest BCUT2D eigenvalue weighted by molar-refractivity contribution is 7.13. The second kappa shape index (κ2) is 6.08. The predicted octanol–water partition coefficient (Wildman–Crippen LogP) is 3.73. The molecule has 6 nitrogen and oxygen atoms in total. The Kier molecular flexibility index (Phi) is 4.12. The van der Waals surface area contributed by atoms with Crippen molar-refractivity contribution in [2.24, 2.45) is 0 Å². The van der Waals surface area contributed by atoms with Gasteiger partial charge in [-0.3, -0.25) is 10.1 Å². The number of hydrogen-bond donors (Lipinski definition) is 1. The number of pyridine rings is 1.